The first kappa shape index (κ1) is 15.9. The Balaban J connectivity index is 2.11. The van der Waals surface area contributed by atoms with Gasteiger partial charge in [0.1, 0.15) is 6.07 Å². The molecular weight excluding hydrogens is 258 g/mol. The van der Waals surface area contributed by atoms with Crippen molar-refractivity contribution < 1.29 is 0 Å². The molecule has 2 rings (SSSR count). The van der Waals surface area contributed by atoms with Crippen molar-refractivity contribution in [3.8, 4) is 6.07 Å². The lowest BCUT2D eigenvalue weighted by atomic mass is 9.88. The third kappa shape index (κ3) is 3.98. The van der Waals surface area contributed by atoms with Gasteiger partial charge >= 0.3 is 0 Å². The number of nitrogens with one attached hydrogen (secondary N) is 1. The zero-order valence-corrected chi connectivity index (χ0v) is 13.5. The highest BCUT2D eigenvalue weighted by Gasteiger charge is 2.24. The number of piperidine rings is 1. The van der Waals surface area contributed by atoms with Gasteiger partial charge in [-0.15, -0.1) is 0 Å². The van der Waals surface area contributed by atoms with E-state index in [4.69, 9.17) is 0 Å². The fraction of sp³-hybridized carbons (Fsp3) is 0.611. The molecule has 0 aliphatic carbocycles. The average molecular weight is 285 g/mol. The van der Waals surface area contributed by atoms with E-state index in [1.54, 1.807) is 0 Å². The standard InChI is InChI=1S/C18H27N3/c1-4-8-20-12-16-5-6-18(17(10-16)11-19)21-9-7-14(2)15(3)13-21/h5-6,10,14-15,20H,4,7-9,12-13H2,1-3H3. The molecule has 1 saturated heterocycles. The van der Waals surface area contributed by atoms with Crippen molar-refractivity contribution in [2.75, 3.05) is 24.5 Å². The Kier molecular flexibility index (Phi) is 5.64. The first-order valence-corrected chi connectivity index (χ1v) is 8.14. The quantitative estimate of drug-likeness (QED) is 0.841. The predicted molar refractivity (Wildman–Crippen MR) is 88.3 cm³/mol. The summed E-state index contributed by atoms with van der Waals surface area (Å²) in [7, 11) is 0. The lowest BCUT2D eigenvalue weighted by molar-refractivity contribution is 0.324. The number of hydrogen-bond acceptors (Lipinski definition) is 3. The summed E-state index contributed by atoms with van der Waals surface area (Å²) in [4.78, 5) is 2.38. The molecule has 3 nitrogen and oxygen atoms in total. The fourth-order valence-electron chi connectivity index (χ4n) is 2.95. The maximum Gasteiger partial charge on any atom is 0.101 e. The summed E-state index contributed by atoms with van der Waals surface area (Å²) in [5, 5.41) is 12.9. The summed E-state index contributed by atoms with van der Waals surface area (Å²) in [5.74, 6) is 1.47. The summed E-state index contributed by atoms with van der Waals surface area (Å²) in [6.45, 7) is 10.8. The monoisotopic (exact) mass is 285 g/mol. The van der Waals surface area contributed by atoms with Gasteiger partial charge in [-0.05, 0) is 48.9 Å². The van der Waals surface area contributed by atoms with Crippen LogP contribution in [0.25, 0.3) is 0 Å². The molecule has 2 atom stereocenters. The first-order chi connectivity index (χ1) is 10.2. The Morgan fingerprint density at radius 1 is 1.33 bits per heavy atom. The van der Waals surface area contributed by atoms with Gasteiger partial charge in [0.2, 0.25) is 0 Å². The van der Waals surface area contributed by atoms with E-state index in [-0.39, 0.29) is 0 Å². The van der Waals surface area contributed by atoms with Gasteiger partial charge in [-0.2, -0.15) is 5.26 Å². The van der Waals surface area contributed by atoms with E-state index in [1.165, 1.54) is 12.0 Å². The van der Waals surface area contributed by atoms with Gasteiger partial charge in [-0.3, -0.25) is 0 Å². The second kappa shape index (κ2) is 7.47. The lowest BCUT2D eigenvalue weighted by Crippen LogP contribution is -2.38. The maximum atomic E-state index is 9.47. The average Bonchev–Trinajstić information content (AvgIpc) is 2.50. The normalized spacial score (nSPS) is 22.1. The molecule has 0 radical (unpaired) electrons. The number of anilines is 1. The smallest absolute Gasteiger partial charge is 0.101 e. The Hall–Kier alpha value is -1.53. The number of nitrogens with zero attached hydrogens (tertiary/aromatic N) is 2. The second-order valence-electron chi connectivity index (χ2n) is 6.33. The number of hydrogen-bond donors (Lipinski definition) is 1. The Morgan fingerprint density at radius 3 is 2.81 bits per heavy atom. The van der Waals surface area contributed by atoms with Crippen LogP contribution in [0.5, 0.6) is 0 Å². The molecule has 1 N–H and O–H groups in total. The minimum absolute atomic E-state index is 0.691. The summed E-state index contributed by atoms with van der Waals surface area (Å²) in [6, 6.07) is 8.71. The molecule has 1 fully saturated rings. The van der Waals surface area contributed by atoms with Gasteiger partial charge < -0.3 is 10.2 Å². The van der Waals surface area contributed by atoms with Crippen LogP contribution in [0, 0.1) is 23.2 Å². The van der Waals surface area contributed by atoms with Crippen molar-refractivity contribution in [3.63, 3.8) is 0 Å². The predicted octanol–water partition coefficient (Wildman–Crippen LogP) is 3.54. The zero-order valence-electron chi connectivity index (χ0n) is 13.5. The summed E-state index contributed by atoms with van der Waals surface area (Å²) in [6.07, 6.45) is 2.35. The molecule has 3 heteroatoms. The van der Waals surface area contributed by atoms with Crippen LogP contribution in [-0.2, 0) is 6.54 Å². The van der Waals surface area contributed by atoms with Crippen molar-refractivity contribution in [1.82, 2.24) is 5.32 Å². The molecule has 0 saturated carbocycles. The Bertz CT molecular complexity index is 504. The van der Waals surface area contributed by atoms with E-state index in [2.05, 4.69) is 49.2 Å². The lowest BCUT2D eigenvalue weighted by Gasteiger charge is -2.37. The Morgan fingerprint density at radius 2 is 2.14 bits per heavy atom. The molecular formula is C18H27N3. The SMILES string of the molecule is CCCNCc1ccc(N2CCC(C)C(C)C2)c(C#N)c1. The molecule has 1 aromatic rings. The second-order valence-corrected chi connectivity index (χ2v) is 6.33. The van der Waals surface area contributed by atoms with E-state index in [0.717, 1.165) is 49.8 Å². The van der Waals surface area contributed by atoms with Crippen LogP contribution >= 0.6 is 0 Å². The molecule has 2 unspecified atom stereocenters. The number of benzene rings is 1. The highest BCUT2D eigenvalue weighted by molar-refractivity contribution is 5.60. The van der Waals surface area contributed by atoms with Crippen LogP contribution < -0.4 is 10.2 Å². The van der Waals surface area contributed by atoms with Crippen molar-refractivity contribution >= 4 is 5.69 Å². The molecule has 0 aromatic heterocycles. The van der Waals surface area contributed by atoms with Crippen LogP contribution in [0.2, 0.25) is 0 Å². The molecule has 0 spiro atoms. The summed E-state index contributed by atoms with van der Waals surface area (Å²) < 4.78 is 0. The Labute approximate surface area is 129 Å². The molecule has 1 aliphatic heterocycles. The van der Waals surface area contributed by atoms with E-state index in [1.807, 2.05) is 6.07 Å². The fourth-order valence-corrected chi connectivity index (χ4v) is 2.95. The zero-order chi connectivity index (χ0) is 15.2. The highest BCUT2D eigenvalue weighted by Crippen LogP contribution is 2.29. The maximum absolute atomic E-state index is 9.47. The van der Waals surface area contributed by atoms with Crippen molar-refractivity contribution in [2.45, 2.75) is 40.2 Å². The van der Waals surface area contributed by atoms with Gasteiger partial charge in [0.05, 0.1) is 11.3 Å². The van der Waals surface area contributed by atoms with Crippen LogP contribution in [0.3, 0.4) is 0 Å². The van der Waals surface area contributed by atoms with Crippen LogP contribution in [0.15, 0.2) is 18.2 Å². The molecule has 0 bridgehead atoms. The summed E-state index contributed by atoms with van der Waals surface area (Å²) in [5.41, 5.74) is 3.12. The van der Waals surface area contributed by atoms with Crippen molar-refractivity contribution in [2.24, 2.45) is 11.8 Å². The van der Waals surface area contributed by atoms with Crippen molar-refractivity contribution in [3.05, 3.63) is 29.3 Å². The number of nitriles is 1. The van der Waals surface area contributed by atoms with Crippen LogP contribution in [0.4, 0.5) is 5.69 Å². The number of rotatable bonds is 5. The van der Waals surface area contributed by atoms with Gasteiger partial charge in [0, 0.05) is 19.6 Å². The van der Waals surface area contributed by atoms with Crippen molar-refractivity contribution in [1.29, 1.82) is 5.26 Å². The van der Waals surface area contributed by atoms with E-state index in [9.17, 15) is 5.26 Å². The first-order valence-electron chi connectivity index (χ1n) is 8.14. The molecule has 0 amide bonds. The highest BCUT2D eigenvalue weighted by atomic mass is 15.1. The van der Waals surface area contributed by atoms with E-state index in [0.29, 0.717) is 5.92 Å². The molecule has 21 heavy (non-hydrogen) atoms. The van der Waals surface area contributed by atoms with Gasteiger partial charge in [0.25, 0.3) is 0 Å². The minimum atomic E-state index is 0.691. The third-order valence-electron chi connectivity index (χ3n) is 4.61. The molecule has 1 aromatic carbocycles. The van der Waals surface area contributed by atoms with Crippen LogP contribution in [0.1, 0.15) is 44.7 Å². The molecule has 114 valence electrons. The third-order valence-corrected chi connectivity index (χ3v) is 4.61. The van der Waals surface area contributed by atoms with Gasteiger partial charge in [-0.1, -0.05) is 26.8 Å². The van der Waals surface area contributed by atoms with Crippen LogP contribution in [-0.4, -0.2) is 19.6 Å². The minimum Gasteiger partial charge on any atom is -0.370 e. The van der Waals surface area contributed by atoms with Gasteiger partial charge in [-0.25, -0.2) is 0 Å². The molecule has 1 aliphatic rings. The van der Waals surface area contributed by atoms with E-state index >= 15 is 0 Å². The van der Waals surface area contributed by atoms with Gasteiger partial charge in [0.15, 0.2) is 0 Å². The summed E-state index contributed by atoms with van der Waals surface area (Å²) >= 11 is 0. The van der Waals surface area contributed by atoms with E-state index < -0.39 is 0 Å². The topological polar surface area (TPSA) is 39.1 Å². The molecule has 1 heterocycles. The largest absolute Gasteiger partial charge is 0.370 e.